The number of hydrogen-bond donors (Lipinski definition) is 1. The lowest BCUT2D eigenvalue weighted by molar-refractivity contribution is 0.463. The van der Waals surface area contributed by atoms with Crippen LogP contribution in [0.25, 0.3) is 0 Å². The van der Waals surface area contributed by atoms with Gasteiger partial charge in [0.15, 0.2) is 0 Å². The quantitative estimate of drug-likeness (QED) is 0.686. The second-order valence-electron chi connectivity index (χ2n) is 2.66. The summed E-state index contributed by atoms with van der Waals surface area (Å²) in [4.78, 5) is 0. The van der Waals surface area contributed by atoms with E-state index in [1.54, 1.807) is 12.1 Å². The van der Waals surface area contributed by atoms with Crippen molar-refractivity contribution in [3.8, 4) is 5.75 Å². The van der Waals surface area contributed by atoms with Gasteiger partial charge in [0.25, 0.3) is 0 Å². The zero-order valence-electron chi connectivity index (χ0n) is 6.54. The number of aromatic hydroxyl groups is 1. The van der Waals surface area contributed by atoms with Crippen LogP contribution in [0, 0.1) is 0 Å². The predicted octanol–water partition coefficient (Wildman–Crippen LogP) is 1.78. The first-order valence-electron chi connectivity index (χ1n) is 3.68. The zero-order valence-corrected chi connectivity index (χ0v) is 6.54. The number of rotatable bonds is 2. The van der Waals surface area contributed by atoms with Gasteiger partial charge in [-0.3, -0.25) is 5.73 Å². The molecule has 0 aliphatic carbocycles. The lowest BCUT2D eigenvalue weighted by Crippen LogP contribution is -2.00. The SMILES string of the molecule is CC(C[NH])c1ccccc1O. The van der Waals surface area contributed by atoms with Crippen molar-refractivity contribution in [2.75, 3.05) is 6.54 Å². The molecule has 0 aromatic heterocycles. The molecule has 0 bridgehead atoms. The molecule has 11 heavy (non-hydrogen) atoms. The minimum Gasteiger partial charge on any atom is -0.508 e. The molecule has 0 spiro atoms. The summed E-state index contributed by atoms with van der Waals surface area (Å²) in [5, 5.41) is 9.33. The summed E-state index contributed by atoms with van der Waals surface area (Å²) < 4.78 is 0. The van der Waals surface area contributed by atoms with Crippen LogP contribution in [0.2, 0.25) is 0 Å². The van der Waals surface area contributed by atoms with Crippen molar-refractivity contribution in [1.29, 1.82) is 0 Å². The summed E-state index contributed by atoms with van der Waals surface area (Å²) in [6, 6.07) is 7.17. The molecular formula is C9H12NO. The average molecular weight is 150 g/mol. The Kier molecular flexibility index (Phi) is 2.49. The van der Waals surface area contributed by atoms with Crippen molar-refractivity contribution in [3.63, 3.8) is 0 Å². The third-order valence-corrected chi connectivity index (χ3v) is 1.77. The normalized spacial score (nSPS) is 12.9. The fourth-order valence-electron chi connectivity index (χ4n) is 1.01. The summed E-state index contributed by atoms with van der Waals surface area (Å²) in [5.41, 5.74) is 8.00. The second-order valence-corrected chi connectivity index (χ2v) is 2.66. The Labute approximate surface area is 66.7 Å². The summed E-state index contributed by atoms with van der Waals surface area (Å²) in [6.45, 7) is 2.25. The molecule has 1 atom stereocenters. The maximum absolute atomic E-state index is 9.33. The smallest absolute Gasteiger partial charge is 0.119 e. The van der Waals surface area contributed by atoms with Crippen LogP contribution in [0.15, 0.2) is 24.3 Å². The van der Waals surface area contributed by atoms with E-state index in [9.17, 15) is 5.11 Å². The third kappa shape index (κ3) is 1.71. The third-order valence-electron chi connectivity index (χ3n) is 1.77. The van der Waals surface area contributed by atoms with Gasteiger partial charge in [-0.05, 0) is 17.5 Å². The van der Waals surface area contributed by atoms with Gasteiger partial charge in [-0.1, -0.05) is 25.1 Å². The molecule has 2 heteroatoms. The summed E-state index contributed by atoms with van der Waals surface area (Å²) in [5.74, 6) is 0.420. The van der Waals surface area contributed by atoms with E-state index in [1.165, 1.54) is 0 Å². The van der Waals surface area contributed by atoms with E-state index < -0.39 is 0 Å². The van der Waals surface area contributed by atoms with E-state index in [1.807, 2.05) is 19.1 Å². The fourth-order valence-corrected chi connectivity index (χ4v) is 1.01. The number of phenols is 1. The molecule has 0 saturated heterocycles. The largest absolute Gasteiger partial charge is 0.508 e. The maximum Gasteiger partial charge on any atom is 0.119 e. The molecule has 59 valence electrons. The van der Waals surface area contributed by atoms with E-state index in [2.05, 4.69) is 0 Å². The molecule has 0 amide bonds. The number of hydrogen-bond acceptors (Lipinski definition) is 1. The lowest BCUT2D eigenvalue weighted by atomic mass is 10.0. The molecule has 1 unspecified atom stereocenters. The first-order chi connectivity index (χ1) is 5.25. The first kappa shape index (κ1) is 8.08. The Balaban J connectivity index is 2.93. The Morgan fingerprint density at radius 1 is 1.45 bits per heavy atom. The van der Waals surface area contributed by atoms with Gasteiger partial charge in [0.2, 0.25) is 0 Å². The van der Waals surface area contributed by atoms with Gasteiger partial charge in [-0.25, -0.2) is 0 Å². The van der Waals surface area contributed by atoms with E-state index in [0.29, 0.717) is 12.3 Å². The van der Waals surface area contributed by atoms with Crippen LogP contribution >= 0.6 is 0 Å². The van der Waals surface area contributed by atoms with Crippen molar-refractivity contribution < 1.29 is 5.11 Å². The molecule has 0 fully saturated rings. The van der Waals surface area contributed by atoms with Gasteiger partial charge < -0.3 is 5.11 Å². The molecule has 0 aliphatic rings. The van der Waals surface area contributed by atoms with Crippen LogP contribution < -0.4 is 5.73 Å². The van der Waals surface area contributed by atoms with Crippen molar-refractivity contribution >= 4 is 0 Å². The highest BCUT2D eigenvalue weighted by Crippen LogP contribution is 2.23. The molecule has 1 radical (unpaired) electrons. The van der Waals surface area contributed by atoms with Gasteiger partial charge >= 0.3 is 0 Å². The van der Waals surface area contributed by atoms with E-state index in [-0.39, 0.29) is 5.92 Å². The fraction of sp³-hybridized carbons (Fsp3) is 0.333. The number of para-hydroxylation sites is 1. The standard InChI is InChI=1S/C9H12NO/c1-7(6-10)8-4-2-3-5-9(8)11/h2-5,7,10-11H,6H2,1H3. The second kappa shape index (κ2) is 3.39. The topological polar surface area (TPSA) is 44.0 Å². The molecule has 0 aliphatic heterocycles. The van der Waals surface area contributed by atoms with Crippen LogP contribution in [0.1, 0.15) is 18.4 Å². The van der Waals surface area contributed by atoms with Crippen molar-refractivity contribution in [1.82, 2.24) is 5.73 Å². The number of phenolic OH excluding ortho intramolecular Hbond substituents is 1. The van der Waals surface area contributed by atoms with Gasteiger partial charge in [0, 0.05) is 6.54 Å². The van der Waals surface area contributed by atoms with Crippen LogP contribution in [0.3, 0.4) is 0 Å². The van der Waals surface area contributed by atoms with Crippen LogP contribution in [-0.4, -0.2) is 11.7 Å². The number of benzene rings is 1. The van der Waals surface area contributed by atoms with Crippen molar-refractivity contribution in [2.24, 2.45) is 0 Å². The minimum atomic E-state index is 0.121. The Bertz CT molecular complexity index is 235. The first-order valence-corrected chi connectivity index (χ1v) is 3.68. The summed E-state index contributed by atoms with van der Waals surface area (Å²) >= 11 is 0. The Hall–Kier alpha value is -1.02. The highest BCUT2D eigenvalue weighted by atomic mass is 16.3. The molecular weight excluding hydrogens is 138 g/mol. The molecule has 1 aromatic rings. The molecule has 0 heterocycles. The number of nitrogens with one attached hydrogen (secondary N) is 1. The molecule has 2 N–H and O–H groups in total. The highest BCUT2D eigenvalue weighted by Gasteiger charge is 2.06. The van der Waals surface area contributed by atoms with Crippen LogP contribution in [0.5, 0.6) is 5.75 Å². The molecule has 0 saturated carbocycles. The Morgan fingerprint density at radius 3 is 2.64 bits per heavy atom. The van der Waals surface area contributed by atoms with Gasteiger partial charge in [-0.15, -0.1) is 0 Å². The molecule has 1 rings (SSSR count). The zero-order chi connectivity index (χ0) is 8.27. The van der Waals surface area contributed by atoms with E-state index >= 15 is 0 Å². The van der Waals surface area contributed by atoms with Gasteiger partial charge in [0.05, 0.1) is 0 Å². The lowest BCUT2D eigenvalue weighted by Gasteiger charge is -2.09. The van der Waals surface area contributed by atoms with Crippen molar-refractivity contribution in [3.05, 3.63) is 29.8 Å². The molecule has 1 aromatic carbocycles. The van der Waals surface area contributed by atoms with Gasteiger partial charge in [-0.2, -0.15) is 0 Å². The average Bonchev–Trinajstić information content (AvgIpc) is 2.04. The predicted molar refractivity (Wildman–Crippen MR) is 44.5 cm³/mol. The van der Waals surface area contributed by atoms with Crippen LogP contribution in [0.4, 0.5) is 0 Å². The Morgan fingerprint density at radius 2 is 2.09 bits per heavy atom. The summed E-state index contributed by atoms with van der Waals surface area (Å²) in [7, 11) is 0. The molecule has 2 nitrogen and oxygen atoms in total. The monoisotopic (exact) mass is 150 g/mol. The summed E-state index contributed by atoms with van der Waals surface area (Å²) in [6.07, 6.45) is 0. The minimum absolute atomic E-state index is 0.121. The van der Waals surface area contributed by atoms with E-state index in [4.69, 9.17) is 5.73 Å². The van der Waals surface area contributed by atoms with Crippen LogP contribution in [-0.2, 0) is 0 Å². The van der Waals surface area contributed by atoms with E-state index in [0.717, 1.165) is 5.56 Å². The van der Waals surface area contributed by atoms with Crippen molar-refractivity contribution in [2.45, 2.75) is 12.8 Å². The van der Waals surface area contributed by atoms with Gasteiger partial charge in [0.1, 0.15) is 5.75 Å². The maximum atomic E-state index is 9.33. The highest BCUT2D eigenvalue weighted by molar-refractivity contribution is 5.34.